The Morgan fingerprint density at radius 1 is 0.893 bits per heavy atom. The average Bonchev–Trinajstić information content (AvgIpc) is 2.74. The third-order valence-electron chi connectivity index (χ3n) is 4.35. The molecule has 0 fully saturated rings. The maximum atomic E-state index is 13.0. The first kappa shape index (κ1) is 18.0. The number of hydrogen-bond donors (Lipinski definition) is 0. The van der Waals surface area contributed by atoms with Gasteiger partial charge < -0.3 is 9.47 Å². The smallest absolute Gasteiger partial charge is 0.344 e. The summed E-state index contributed by atoms with van der Waals surface area (Å²) in [6.45, 7) is 0. The van der Waals surface area contributed by atoms with Crippen molar-refractivity contribution in [2.75, 3.05) is 7.11 Å². The molecule has 0 saturated carbocycles. The van der Waals surface area contributed by atoms with E-state index < -0.39 is 5.97 Å². The molecule has 1 heterocycles. The van der Waals surface area contributed by atoms with E-state index in [1.165, 1.54) is 7.11 Å². The molecule has 0 N–H and O–H groups in total. The van der Waals surface area contributed by atoms with Crippen LogP contribution in [0.5, 0.6) is 11.5 Å². The van der Waals surface area contributed by atoms with Crippen molar-refractivity contribution in [2.24, 2.45) is 0 Å². The number of esters is 1. The van der Waals surface area contributed by atoms with Crippen molar-refractivity contribution in [3.63, 3.8) is 0 Å². The number of hydrogen-bond acceptors (Lipinski definition) is 4. The maximum Gasteiger partial charge on any atom is 0.344 e. The summed E-state index contributed by atoms with van der Waals surface area (Å²) in [5.74, 6) is 0.384. The number of pyridine rings is 1. The summed E-state index contributed by atoms with van der Waals surface area (Å²) in [7, 11) is 1.53. The standard InChI is InChI=1S/C23H16ClNO3/c1-27-21-8-4-5-9-22(21)28-23(26)18-14-20(15-10-12-16(24)13-11-15)25-19-7-3-2-6-17(18)19/h2-14H,1H3. The Morgan fingerprint density at radius 3 is 2.32 bits per heavy atom. The van der Waals surface area contributed by atoms with Gasteiger partial charge in [0.25, 0.3) is 0 Å². The molecule has 4 aromatic rings. The van der Waals surface area contributed by atoms with Gasteiger partial charge in [-0.05, 0) is 36.4 Å². The highest BCUT2D eigenvalue weighted by Crippen LogP contribution is 2.30. The van der Waals surface area contributed by atoms with Crippen molar-refractivity contribution in [3.05, 3.63) is 89.4 Å². The molecule has 3 aromatic carbocycles. The van der Waals surface area contributed by atoms with E-state index in [0.29, 0.717) is 33.3 Å². The highest BCUT2D eigenvalue weighted by Gasteiger charge is 2.17. The largest absolute Gasteiger partial charge is 0.493 e. The van der Waals surface area contributed by atoms with Gasteiger partial charge in [0.05, 0.1) is 23.9 Å². The van der Waals surface area contributed by atoms with Crippen LogP contribution in [-0.2, 0) is 0 Å². The summed E-state index contributed by atoms with van der Waals surface area (Å²) in [5, 5.41) is 1.36. The Balaban J connectivity index is 1.80. The number of ether oxygens (including phenoxy) is 2. The lowest BCUT2D eigenvalue weighted by molar-refractivity contribution is 0.0732. The zero-order valence-electron chi connectivity index (χ0n) is 15.1. The number of nitrogens with zero attached hydrogens (tertiary/aromatic N) is 1. The van der Waals surface area contributed by atoms with Crippen LogP contribution >= 0.6 is 11.6 Å². The lowest BCUT2D eigenvalue weighted by atomic mass is 10.0. The molecule has 4 nitrogen and oxygen atoms in total. The van der Waals surface area contributed by atoms with E-state index in [1.807, 2.05) is 42.5 Å². The molecule has 5 heteroatoms. The number of carbonyl (C=O) groups is 1. The molecule has 0 aliphatic rings. The van der Waals surface area contributed by atoms with Crippen LogP contribution in [0.1, 0.15) is 10.4 Å². The van der Waals surface area contributed by atoms with Crippen molar-refractivity contribution in [3.8, 4) is 22.8 Å². The highest BCUT2D eigenvalue weighted by atomic mass is 35.5. The molecule has 0 amide bonds. The van der Waals surface area contributed by atoms with Gasteiger partial charge in [-0.1, -0.05) is 54.1 Å². The summed E-state index contributed by atoms with van der Waals surface area (Å²) in [4.78, 5) is 17.7. The van der Waals surface area contributed by atoms with Crippen LogP contribution in [0.3, 0.4) is 0 Å². The van der Waals surface area contributed by atoms with Crippen molar-refractivity contribution in [1.29, 1.82) is 0 Å². The van der Waals surface area contributed by atoms with E-state index in [9.17, 15) is 4.79 Å². The van der Waals surface area contributed by atoms with Gasteiger partial charge in [-0.15, -0.1) is 0 Å². The number of carbonyl (C=O) groups excluding carboxylic acids is 1. The summed E-state index contributed by atoms with van der Waals surface area (Å²) < 4.78 is 10.9. The molecular formula is C23H16ClNO3. The second kappa shape index (κ2) is 7.71. The predicted octanol–water partition coefficient (Wildman–Crippen LogP) is 5.78. The lowest BCUT2D eigenvalue weighted by Gasteiger charge is -2.12. The molecule has 0 atom stereocenters. The third kappa shape index (κ3) is 3.55. The van der Waals surface area contributed by atoms with Gasteiger partial charge in [-0.2, -0.15) is 0 Å². The Morgan fingerprint density at radius 2 is 1.57 bits per heavy atom. The molecule has 138 valence electrons. The summed E-state index contributed by atoms with van der Waals surface area (Å²) in [5.41, 5.74) is 2.67. The van der Waals surface area contributed by atoms with Gasteiger partial charge in [0.2, 0.25) is 0 Å². The SMILES string of the molecule is COc1ccccc1OC(=O)c1cc(-c2ccc(Cl)cc2)nc2ccccc12. The average molecular weight is 390 g/mol. The first-order valence-corrected chi connectivity index (χ1v) is 9.04. The topological polar surface area (TPSA) is 48.4 Å². The lowest BCUT2D eigenvalue weighted by Crippen LogP contribution is -2.10. The fraction of sp³-hybridized carbons (Fsp3) is 0.0435. The van der Waals surface area contributed by atoms with E-state index in [4.69, 9.17) is 21.1 Å². The van der Waals surface area contributed by atoms with Crippen molar-refractivity contribution < 1.29 is 14.3 Å². The Bertz CT molecular complexity index is 1160. The normalized spacial score (nSPS) is 10.6. The Labute approximate surface area is 167 Å². The van der Waals surface area contributed by atoms with Crippen LogP contribution in [0.15, 0.2) is 78.9 Å². The number of aromatic nitrogens is 1. The molecule has 28 heavy (non-hydrogen) atoms. The van der Waals surface area contributed by atoms with Crippen LogP contribution in [-0.4, -0.2) is 18.1 Å². The molecule has 0 spiro atoms. The number of halogens is 1. The van der Waals surface area contributed by atoms with Gasteiger partial charge in [-0.3, -0.25) is 0 Å². The Kier molecular flexibility index (Phi) is 4.96. The van der Waals surface area contributed by atoms with Crippen LogP contribution in [0.25, 0.3) is 22.2 Å². The molecular weight excluding hydrogens is 374 g/mol. The maximum absolute atomic E-state index is 13.0. The van der Waals surface area contributed by atoms with Crippen molar-refractivity contribution >= 4 is 28.5 Å². The minimum atomic E-state index is -0.474. The van der Waals surface area contributed by atoms with Crippen molar-refractivity contribution in [2.45, 2.75) is 0 Å². The third-order valence-corrected chi connectivity index (χ3v) is 4.60. The van der Waals surface area contributed by atoms with E-state index in [1.54, 1.807) is 36.4 Å². The van der Waals surface area contributed by atoms with E-state index in [2.05, 4.69) is 4.98 Å². The number of benzene rings is 3. The van der Waals surface area contributed by atoms with Gasteiger partial charge in [0.15, 0.2) is 11.5 Å². The highest BCUT2D eigenvalue weighted by molar-refractivity contribution is 6.30. The quantitative estimate of drug-likeness (QED) is 0.328. The fourth-order valence-corrected chi connectivity index (χ4v) is 3.10. The molecule has 0 radical (unpaired) electrons. The number of fused-ring (bicyclic) bond motifs is 1. The molecule has 0 aliphatic heterocycles. The van der Waals surface area contributed by atoms with Gasteiger partial charge in [0.1, 0.15) is 0 Å². The van der Waals surface area contributed by atoms with Gasteiger partial charge >= 0.3 is 5.97 Å². The minimum absolute atomic E-state index is 0.365. The zero-order chi connectivity index (χ0) is 19.5. The summed E-state index contributed by atoms with van der Waals surface area (Å²) >= 11 is 5.99. The summed E-state index contributed by atoms with van der Waals surface area (Å²) in [6.07, 6.45) is 0. The molecule has 1 aromatic heterocycles. The van der Waals surface area contributed by atoms with E-state index in [0.717, 1.165) is 10.9 Å². The molecule has 0 aliphatic carbocycles. The van der Waals surface area contributed by atoms with E-state index >= 15 is 0 Å². The molecule has 0 unspecified atom stereocenters. The zero-order valence-corrected chi connectivity index (χ0v) is 15.8. The van der Waals surface area contributed by atoms with Crippen LogP contribution < -0.4 is 9.47 Å². The first-order chi connectivity index (χ1) is 13.7. The predicted molar refractivity (Wildman–Crippen MR) is 110 cm³/mol. The number of rotatable bonds is 4. The first-order valence-electron chi connectivity index (χ1n) is 8.66. The monoisotopic (exact) mass is 389 g/mol. The number of para-hydroxylation sites is 3. The van der Waals surface area contributed by atoms with Crippen molar-refractivity contribution in [1.82, 2.24) is 4.98 Å². The summed E-state index contributed by atoms with van der Waals surface area (Å²) in [6, 6.07) is 23.6. The second-order valence-corrected chi connectivity index (χ2v) is 6.56. The Hall–Kier alpha value is -3.37. The van der Waals surface area contributed by atoms with Crippen LogP contribution in [0, 0.1) is 0 Å². The number of methoxy groups -OCH3 is 1. The fourth-order valence-electron chi connectivity index (χ4n) is 2.97. The molecule has 0 saturated heterocycles. The molecule has 0 bridgehead atoms. The van der Waals surface area contributed by atoms with E-state index in [-0.39, 0.29) is 0 Å². The molecule has 4 rings (SSSR count). The van der Waals surface area contributed by atoms with Crippen LogP contribution in [0.4, 0.5) is 0 Å². The second-order valence-electron chi connectivity index (χ2n) is 6.12. The van der Waals surface area contributed by atoms with Gasteiger partial charge in [0, 0.05) is 16.0 Å². The van der Waals surface area contributed by atoms with Crippen LogP contribution in [0.2, 0.25) is 5.02 Å². The van der Waals surface area contributed by atoms with Gasteiger partial charge in [-0.25, -0.2) is 9.78 Å². The minimum Gasteiger partial charge on any atom is -0.493 e.